The van der Waals surface area contributed by atoms with Gasteiger partial charge in [0.15, 0.2) is 16.6 Å². The van der Waals surface area contributed by atoms with Crippen LogP contribution in [0.5, 0.6) is 0 Å². The fraction of sp³-hybridized carbons (Fsp3) is 0.882. The largest absolute Gasteiger partial charge is 0.413 e. The third kappa shape index (κ3) is 6.99. The average Bonchev–Trinajstić information content (AvgIpc) is 3.32. The van der Waals surface area contributed by atoms with E-state index in [0.717, 1.165) is 38.0 Å². The molecule has 7 atom stereocenters. The number of hydrogen-bond donors (Lipinski definition) is 1. The molecule has 0 radical (unpaired) electrons. The Kier molecular flexibility index (Phi) is 10.3. The predicted molar refractivity (Wildman–Crippen MR) is 172 cm³/mol. The Balaban J connectivity index is 1.99. The van der Waals surface area contributed by atoms with Crippen molar-refractivity contribution in [3.8, 4) is 11.8 Å². The molecule has 224 valence electrons. The number of aliphatic hydroxyl groups is 1. The van der Waals surface area contributed by atoms with Crippen LogP contribution in [0.15, 0.2) is 12.7 Å². The summed E-state index contributed by atoms with van der Waals surface area (Å²) in [6.07, 6.45) is 12.4. The SMILES string of the molecule is C=CC1(O)C(CCC)[C@@H]2[C@@H](C#C[C@H](CC3CCCC3)O[Si](C)(C)C(C)(C)C)[C@H](O[Si](C)(C)C(C)(C)C)CC[C@@H]21. The highest BCUT2D eigenvalue weighted by molar-refractivity contribution is 6.74. The van der Waals surface area contributed by atoms with Gasteiger partial charge in [-0.1, -0.05) is 98.5 Å². The Labute approximate surface area is 244 Å². The molecule has 3 fully saturated rings. The van der Waals surface area contributed by atoms with Crippen LogP contribution in [0.25, 0.3) is 0 Å². The minimum Gasteiger partial charge on any atom is -0.413 e. The standard InChI is InChI=1S/C34H62O3Si2/c1-13-17-28-31-27(21-20-26(24-25-18-15-16-19-25)36-38(9,10)32(3,4)5)30(37-39(11,12)33(6,7)8)23-22-29(31)34(28,35)14-2/h14,25-31,35H,2,13,15-19,22-24H2,1,3-12H3/t26-,27+,28?,29+,30-,31+,34?/m1/s1. The predicted octanol–water partition coefficient (Wildman–Crippen LogP) is 9.34. The Morgan fingerprint density at radius 3 is 2.08 bits per heavy atom. The fourth-order valence-electron chi connectivity index (χ4n) is 7.07. The monoisotopic (exact) mass is 574 g/mol. The van der Waals surface area contributed by atoms with Crippen LogP contribution in [0.2, 0.25) is 36.3 Å². The lowest BCUT2D eigenvalue weighted by Gasteiger charge is -2.63. The highest BCUT2D eigenvalue weighted by Gasteiger charge is 2.64. The first kappa shape index (κ1) is 33.1. The molecule has 3 saturated carbocycles. The molecule has 0 heterocycles. The molecule has 39 heavy (non-hydrogen) atoms. The Morgan fingerprint density at radius 1 is 0.974 bits per heavy atom. The second-order valence-corrected chi connectivity index (χ2v) is 25.7. The maximum atomic E-state index is 11.7. The Morgan fingerprint density at radius 2 is 1.56 bits per heavy atom. The van der Waals surface area contributed by atoms with Gasteiger partial charge in [0.25, 0.3) is 0 Å². The summed E-state index contributed by atoms with van der Waals surface area (Å²) in [6, 6.07) is 0. The van der Waals surface area contributed by atoms with E-state index in [1.54, 1.807) is 0 Å². The van der Waals surface area contributed by atoms with Crippen molar-refractivity contribution in [1.82, 2.24) is 0 Å². The van der Waals surface area contributed by atoms with Crippen LogP contribution in [0.3, 0.4) is 0 Å². The smallest absolute Gasteiger partial charge is 0.193 e. The highest BCUT2D eigenvalue weighted by Crippen LogP contribution is 2.61. The second kappa shape index (κ2) is 12.1. The van der Waals surface area contributed by atoms with E-state index in [-0.39, 0.29) is 40.0 Å². The lowest BCUT2D eigenvalue weighted by Crippen LogP contribution is -2.67. The Bertz CT molecular complexity index is 896. The minimum absolute atomic E-state index is 0.00845. The van der Waals surface area contributed by atoms with Crippen LogP contribution >= 0.6 is 0 Å². The first-order chi connectivity index (χ1) is 17.9. The molecule has 0 bridgehead atoms. The fourth-order valence-corrected chi connectivity index (χ4v) is 9.66. The minimum atomic E-state index is -1.97. The van der Waals surface area contributed by atoms with E-state index in [1.165, 1.54) is 25.7 Å². The molecule has 3 aliphatic rings. The molecule has 3 rings (SSSR count). The number of rotatable bonds is 9. The highest BCUT2D eigenvalue weighted by atomic mass is 28.4. The molecule has 2 unspecified atom stereocenters. The van der Waals surface area contributed by atoms with Crippen LogP contribution in [0.1, 0.15) is 106 Å². The van der Waals surface area contributed by atoms with Gasteiger partial charge in [-0.2, -0.15) is 0 Å². The zero-order valence-electron chi connectivity index (χ0n) is 27.5. The number of fused-ring (bicyclic) bond motifs is 1. The van der Waals surface area contributed by atoms with Crippen molar-refractivity contribution in [3.63, 3.8) is 0 Å². The van der Waals surface area contributed by atoms with E-state index >= 15 is 0 Å². The van der Waals surface area contributed by atoms with Gasteiger partial charge in [-0.15, -0.1) is 6.58 Å². The van der Waals surface area contributed by atoms with Crippen molar-refractivity contribution < 1.29 is 14.0 Å². The van der Waals surface area contributed by atoms with Crippen molar-refractivity contribution in [2.24, 2.45) is 29.6 Å². The van der Waals surface area contributed by atoms with Gasteiger partial charge in [0.05, 0.1) is 11.7 Å². The van der Waals surface area contributed by atoms with Crippen molar-refractivity contribution in [3.05, 3.63) is 12.7 Å². The lowest BCUT2D eigenvalue weighted by molar-refractivity contribution is -0.208. The maximum absolute atomic E-state index is 11.7. The summed E-state index contributed by atoms with van der Waals surface area (Å²) in [4.78, 5) is 0. The summed E-state index contributed by atoms with van der Waals surface area (Å²) < 4.78 is 14.2. The molecule has 3 aliphatic carbocycles. The molecule has 0 saturated heterocycles. The van der Waals surface area contributed by atoms with Gasteiger partial charge in [-0.05, 0) is 85.6 Å². The van der Waals surface area contributed by atoms with Crippen LogP contribution in [-0.2, 0) is 8.85 Å². The molecule has 0 spiro atoms. The van der Waals surface area contributed by atoms with E-state index in [2.05, 4.69) is 93.1 Å². The molecule has 0 aliphatic heterocycles. The van der Waals surface area contributed by atoms with Gasteiger partial charge in [-0.25, -0.2) is 0 Å². The average molecular weight is 575 g/mol. The molecular weight excluding hydrogens is 513 g/mol. The summed E-state index contributed by atoms with van der Waals surface area (Å²) in [5.41, 5.74) is -0.760. The van der Waals surface area contributed by atoms with Gasteiger partial charge in [0.1, 0.15) is 6.10 Å². The molecule has 0 aromatic rings. The summed E-state index contributed by atoms with van der Waals surface area (Å²) >= 11 is 0. The van der Waals surface area contributed by atoms with Gasteiger partial charge in [0, 0.05) is 5.92 Å². The molecule has 0 aromatic heterocycles. The van der Waals surface area contributed by atoms with Gasteiger partial charge >= 0.3 is 0 Å². The third-order valence-electron chi connectivity index (χ3n) is 11.5. The lowest BCUT2D eigenvalue weighted by atomic mass is 9.45. The van der Waals surface area contributed by atoms with Gasteiger partial charge in [-0.3, -0.25) is 0 Å². The van der Waals surface area contributed by atoms with Crippen LogP contribution < -0.4 is 0 Å². The quantitative estimate of drug-likeness (QED) is 0.169. The maximum Gasteiger partial charge on any atom is 0.193 e. The first-order valence-corrected chi connectivity index (χ1v) is 21.9. The normalized spacial score (nSPS) is 33.1. The topological polar surface area (TPSA) is 38.7 Å². The summed E-state index contributed by atoms with van der Waals surface area (Å²) in [5, 5.41) is 12.0. The third-order valence-corrected chi connectivity index (χ3v) is 20.5. The second-order valence-electron chi connectivity index (χ2n) is 16.2. The van der Waals surface area contributed by atoms with Gasteiger partial charge in [0.2, 0.25) is 0 Å². The van der Waals surface area contributed by atoms with Crippen LogP contribution in [-0.4, -0.2) is 39.6 Å². The first-order valence-electron chi connectivity index (χ1n) is 16.1. The number of hydrogen-bond acceptors (Lipinski definition) is 3. The van der Waals surface area contributed by atoms with E-state index < -0.39 is 22.2 Å². The Hall–Kier alpha value is -0.386. The van der Waals surface area contributed by atoms with E-state index in [1.807, 2.05) is 6.08 Å². The van der Waals surface area contributed by atoms with Crippen molar-refractivity contribution in [2.45, 2.75) is 160 Å². The molecule has 0 aromatic carbocycles. The molecule has 1 N–H and O–H groups in total. The van der Waals surface area contributed by atoms with Crippen molar-refractivity contribution in [2.75, 3.05) is 0 Å². The zero-order chi connectivity index (χ0) is 29.4. The summed E-state index contributed by atoms with van der Waals surface area (Å²) in [6.45, 7) is 29.8. The van der Waals surface area contributed by atoms with Gasteiger partial charge < -0.3 is 14.0 Å². The molecular formula is C34H62O3Si2. The van der Waals surface area contributed by atoms with E-state index in [0.29, 0.717) is 5.92 Å². The van der Waals surface area contributed by atoms with E-state index in [9.17, 15) is 5.11 Å². The molecule has 3 nitrogen and oxygen atoms in total. The van der Waals surface area contributed by atoms with Crippen molar-refractivity contribution >= 4 is 16.6 Å². The molecule has 5 heteroatoms. The van der Waals surface area contributed by atoms with E-state index in [4.69, 9.17) is 8.85 Å². The molecule has 0 amide bonds. The summed E-state index contributed by atoms with van der Waals surface area (Å²) in [5.74, 6) is 9.34. The summed E-state index contributed by atoms with van der Waals surface area (Å²) in [7, 11) is -3.93. The van der Waals surface area contributed by atoms with Crippen molar-refractivity contribution in [1.29, 1.82) is 0 Å². The van der Waals surface area contributed by atoms with Crippen LogP contribution in [0, 0.1) is 41.4 Å². The van der Waals surface area contributed by atoms with Crippen LogP contribution in [0.4, 0.5) is 0 Å². The zero-order valence-corrected chi connectivity index (χ0v) is 29.5.